The van der Waals surface area contributed by atoms with Crippen LogP contribution in [-0.4, -0.2) is 40.2 Å². The van der Waals surface area contributed by atoms with Gasteiger partial charge < -0.3 is 18.9 Å². The summed E-state index contributed by atoms with van der Waals surface area (Å²) >= 11 is 0. The molecular weight excluding hydrogens is 255 g/mol. The predicted molar refractivity (Wildman–Crippen MR) is 65.4 cm³/mol. The Kier molecular flexibility index (Phi) is 6.84. The van der Waals surface area contributed by atoms with E-state index < -0.39 is 11.8 Å². The molecule has 0 N–H and O–H groups in total. The minimum Gasteiger partial charge on any atom is -0.469 e. The van der Waals surface area contributed by atoms with Gasteiger partial charge in [-0.05, 0) is 17.7 Å². The summed E-state index contributed by atoms with van der Waals surface area (Å²) in [4.78, 5) is 11.0. The Morgan fingerprint density at radius 1 is 1.26 bits per heavy atom. The summed E-state index contributed by atoms with van der Waals surface area (Å²) < 4.78 is 33.1. The van der Waals surface area contributed by atoms with Crippen LogP contribution in [0.1, 0.15) is 5.56 Å². The maximum Gasteiger partial charge on any atom is 0.309 e. The number of ether oxygens (including phenoxy) is 4. The van der Waals surface area contributed by atoms with Gasteiger partial charge in [0.15, 0.2) is 18.4 Å². The first kappa shape index (κ1) is 15.4. The van der Waals surface area contributed by atoms with Crippen LogP contribution in [0.3, 0.4) is 0 Å². The third-order valence-corrected chi connectivity index (χ3v) is 2.30. The molecule has 1 rings (SSSR count). The molecule has 5 nitrogen and oxygen atoms in total. The third kappa shape index (κ3) is 5.67. The van der Waals surface area contributed by atoms with Crippen LogP contribution < -0.4 is 4.74 Å². The number of halogens is 1. The highest BCUT2D eigenvalue weighted by Gasteiger charge is 2.08. The maximum atomic E-state index is 13.6. The summed E-state index contributed by atoms with van der Waals surface area (Å²) in [6, 6.07) is 4.29. The van der Waals surface area contributed by atoms with Crippen molar-refractivity contribution in [3.8, 4) is 5.75 Å². The molecule has 0 atom stereocenters. The Labute approximate surface area is 111 Å². The summed E-state index contributed by atoms with van der Waals surface area (Å²) in [5.74, 6) is -0.890. The number of carbonyl (C=O) groups excluding carboxylic acids is 1. The fourth-order valence-corrected chi connectivity index (χ4v) is 1.32. The fraction of sp³-hybridized carbons (Fsp3) is 0.462. The molecule has 1 aromatic carbocycles. The average Bonchev–Trinajstić information content (AvgIpc) is 2.40. The molecule has 0 aliphatic carbocycles. The normalized spacial score (nSPS) is 10.3. The molecule has 0 aliphatic heterocycles. The lowest BCUT2D eigenvalue weighted by molar-refractivity contribution is -0.139. The molecule has 0 fully saturated rings. The molecule has 0 aromatic heterocycles. The molecule has 0 spiro atoms. The maximum absolute atomic E-state index is 13.6. The van der Waals surface area contributed by atoms with E-state index in [1.165, 1.54) is 19.2 Å². The van der Waals surface area contributed by atoms with Crippen molar-refractivity contribution >= 4 is 5.97 Å². The molecule has 6 heteroatoms. The summed E-state index contributed by atoms with van der Waals surface area (Å²) in [6.07, 6.45) is 0.0258. The third-order valence-electron chi connectivity index (χ3n) is 2.30. The van der Waals surface area contributed by atoms with Crippen LogP contribution in [0.15, 0.2) is 18.2 Å². The molecule has 0 unspecified atom stereocenters. The second-order valence-corrected chi connectivity index (χ2v) is 3.68. The quantitative estimate of drug-likeness (QED) is 0.408. The predicted octanol–water partition coefficient (Wildman–Crippen LogP) is 1.54. The van der Waals surface area contributed by atoms with Crippen molar-refractivity contribution in [2.45, 2.75) is 6.42 Å². The standard InChI is InChI=1S/C13H17FO5/c1-16-5-6-18-9-19-12-4-3-10(7-11(12)14)8-13(15)17-2/h3-4,7H,5-6,8-9H2,1-2H3. The van der Waals surface area contributed by atoms with E-state index in [2.05, 4.69) is 4.74 Å². The van der Waals surface area contributed by atoms with Crippen LogP contribution in [0.5, 0.6) is 5.75 Å². The van der Waals surface area contributed by atoms with Crippen molar-refractivity contribution in [3.05, 3.63) is 29.6 Å². The van der Waals surface area contributed by atoms with Crippen LogP contribution in [0.25, 0.3) is 0 Å². The van der Waals surface area contributed by atoms with Crippen molar-refractivity contribution in [1.82, 2.24) is 0 Å². The van der Waals surface area contributed by atoms with Gasteiger partial charge >= 0.3 is 5.97 Å². The zero-order valence-electron chi connectivity index (χ0n) is 11.0. The number of methoxy groups -OCH3 is 2. The van der Waals surface area contributed by atoms with Crippen molar-refractivity contribution in [1.29, 1.82) is 0 Å². The van der Waals surface area contributed by atoms with Crippen molar-refractivity contribution < 1.29 is 28.1 Å². The van der Waals surface area contributed by atoms with E-state index in [-0.39, 0.29) is 19.0 Å². The highest BCUT2D eigenvalue weighted by atomic mass is 19.1. The summed E-state index contributed by atoms with van der Waals surface area (Å²) in [7, 11) is 2.84. The first-order valence-corrected chi connectivity index (χ1v) is 5.72. The molecule has 0 saturated heterocycles. The summed E-state index contributed by atoms with van der Waals surface area (Å²) in [5.41, 5.74) is 0.525. The summed E-state index contributed by atoms with van der Waals surface area (Å²) in [6.45, 7) is 0.763. The first-order valence-electron chi connectivity index (χ1n) is 5.72. The lowest BCUT2D eigenvalue weighted by Gasteiger charge is -2.09. The SMILES string of the molecule is COCCOCOc1ccc(CC(=O)OC)cc1F. The van der Waals surface area contributed by atoms with Gasteiger partial charge in [0.05, 0.1) is 26.7 Å². The lowest BCUT2D eigenvalue weighted by Crippen LogP contribution is -2.09. The molecule has 0 radical (unpaired) electrons. The van der Waals surface area contributed by atoms with Gasteiger partial charge in [0.2, 0.25) is 0 Å². The van der Waals surface area contributed by atoms with Gasteiger partial charge in [-0.25, -0.2) is 4.39 Å². The minimum absolute atomic E-state index is 0.0258. The number of hydrogen-bond acceptors (Lipinski definition) is 5. The van der Waals surface area contributed by atoms with E-state index in [1.807, 2.05) is 0 Å². The zero-order valence-corrected chi connectivity index (χ0v) is 11.0. The van der Waals surface area contributed by atoms with Crippen LogP contribution >= 0.6 is 0 Å². The molecule has 0 saturated carbocycles. The molecule has 19 heavy (non-hydrogen) atoms. The van der Waals surface area contributed by atoms with Crippen LogP contribution in [0.2, 0.25) is 0 Å². The fourth-order valence-electron chi connectivity index (χ4n) is 1.32. The minimum atomic E-state index is -0.545. The monoisotopic (exact) mass is 272 g/mol. The first-order chi connectivity index (χ1) is 9.17. The number of hydrogen-bond donors (Lipinski definition) is 0. The van der Waals surface area contributed by atoms with Crippen molar-refractivity contribution in [2.24, 2.45) is 0 Å². The van der Waals surface area contributed by atoms with Crippen LogP contribution in [-0.2, 0) is 25.4 Å². The largest absolute Gasteiger partial charge is 0.469 e. The van der Waals surface area contributed by atoms with Gasteiger partial charge in [-0.15, -0.1) is 0 Å². The number of esters is 1. The number of rotatable bonds is 8. The Bertz CT molecular complexity index is 408. The highest BCUT2D eigenvalue weighted by Crippen LogP contribution is 2.18. The molecule has 0 amide bonds. The molecule has 106 valence electrons. The zero-order chi connectivity index (χ0) is 14.1. The molecule has 1 aromatic rings. The number of benzene rings is 1. The van der Waals surface area contributed by atoms with Gasteiger partial charge in [0, 0.05) is 7.11 Å². The van der Waals surface area contributed by atoms with E-state index in [1.54, 1.807) is 13.2 Å². The van der Waals surface area contributed by atoms with Gasteiger partial charge in [0.25, 0.3) is 0 Å². The molecule has 0 bridgehead atoms. The lowest BCUT2D eigenvalue weighted by atomic mass is 10.1. The van der Waals surface area contributed by atoms with E-state index in [4.69, 9.17) is 14.2 Å². The average molecular weight is 272 g/mol. The second-order valence-electron chi connectivity index (χ2n) is 3.68. The molecule has 0 aliphatic rings. The van der Waals surface area contributed by atoms with Crippen LogP contribution in [0.4, 0.5) is 4.39 Å². The van der Waals surface area contributed by atoms with Gasteiger partial charge in [-0.3, -0.25) is 4.79 Å². The van der Waals surface area contributed by atoms with E-state index >= 15 is 0 Å². The van der Waals surface area contributed by atoms with Gasteiger partial charge in [0.1, 0.15) is 0 Å². The van der Waals surface area contributed by atoms with Gasteiger partial charge in [-0.2, -0.15) is 0 Å². The van der Waals surface area contributed by atoms with E-state index in [0.29, 0.717) is 18.8 Å². The molecule has 0 heterocycles. The smallest absolute Gasteiger partial charge is 0.309 e. The highest BCUT2D eigenvalue weighted by molar-refractivity contribution is 5.72. The van der Waals surface area contributed by atoms with E-state index in [0.717, 1.165) is 0 Å². The van der Waals surface area contributed by atoms with Crippen molar-refractivity contribution in [2.75, 3.05) is 34.2 Å². The van der Waals surface area contributed by atoms with Crippen molar-refractivity contribution in [3.63, 3.8) is 0 Å². The Hall–Kier alpha value is -1.66. The van der Waals surface area contributed by atoms with E-state index in [9.17, 15) is 9.18 Å². The topological polar surface area (TPSA) is 54.0 Å². The Morgan fingerprint density at radius 3 is 2.68 bits per heavy atom. The van der Waals surface area contributed by atoms with Crippen LogP contribution in [0, 0.1) is 5.82 Å². The summed E-state index contributed by atoms with van der Waals surface area (Å²) in [5, 5.41) is 0. The number of carbonyl (C=O) groups is 1. The van der Waals surface area contributed by atoms with Gasteiger partial charge in [-0.1, -0.05) is 6.07 Å². The second kappa shape index (κ2) is 8.44. The Morgan fingerprint density at radius 2 is 2.05 bits per heavy atom. The Balaban J connectivity index is 2.45. The molecular formula is C13H17FO5.